The maximum Gasteiger partial charge on any atom is 0.523 e. The SMILES string of the molecule is CCCCCC[C@@H](C)OS(=O)(=O)C(F)(F)F. The van der Waals surface area contributed by atoms with Gasteiger partial charge in [0, 0.05) is 0 Å². The molecule has 0 spiro atoms. The van der Waals surface area contributed by atoms with Crippen molar-refractivity contribution in [1.29, 1.82) is 0 Å². The molecule has 0 aliphatic rings. The molecule has 0 aliphatic heterocycles. The molecule has 0 aliphatic carbocycles. The molecule has 0 rings (SSSR count). The van der Waals surface area contributed by atoms with E-state index in [1.54, 1.807) is 0 Å². The Morgan fingerprint density at radius 3 is 2.19 bits per heavy atom. The molecule has 0 radical (unpaired) electrons. The Hall–Kier alpha value is -0.300. The fourth-order valence-corrected chi connectivity index (χ4v) is 1.82. The third-order valence-corrected chi connectivity index (χ3v) is 3.19. The minimum absolute atomic E-state index is 0.315. The molecule has 16 heavy (non-hydrogen) atoms. The predicted molar refractivity (Wildman–Crippen MR) is 54.3 cm³/mol. The van der Waals surface area contributed by atoms with Crippen LogP contribution in [0.15, 0.2) is 0 Å². The zero-order chi connectivity index (χ0) is 12.8. The summed E-state index contributed by atoms with van der Waals surface area (Å²) in [7, 11) is -5.44. The Balaban J connectivity index is 4.01. The summed E-state index contributed by atoms with van der Waals surface area (Å²) in [5, 5.41) is 0. The van der Waals surface area contributed by atoms with Crippen molar-refractivity contribution in [2.45, 2.75) is 57.6 Å². The van der Waals surface area contributed by atoms with Gasteiger partial charge in [0.25, 0.3) is 0 Å². The molecule has 0 aromatic rings. The summed E-state index contributed by atoms with van der Waals surface area (Å²) in [6.45, 7) is 3.34. The Bertz CT molecular complexity index is 285. The highest BCUT2D eigenvalue weighted by atomic mass is 32.2. The lowest BCUT2D eigenvalue weighted by Crippen LogP contribution is -2.28. The Labute approximate surface area is 94.1 Å². The molecular formula is C9H17F3O3S. The highest BCUT2D eigenvalue weighted by Gasteiger charge is 2.48. The lowest BCUT2D eigenvalue weighted by molar-refractivity contribution is -0.0570. The van der Waals surface area contributed by atoms with E-state index in [1.165, 1.54) is 6.92 Å². The van der Waals surface area contributed by atoms with Crippen LogP contribution in [-0.2, 0) is 14.3 Å². The van der Waals surface area contributed by atoms with E-state index in [4.69, 9.17) is 0 Å². The zero-order valence-electron chi connectivity index (χ0n) is 9.38. The van der Waals surface area contributed by atoms with E-state index in [2.05, 4.69) is 4.18 Å². The van der Waals surface area contributed by atoms with E-state index in [9.17, 15) is 21.6 Å². The predicted octanol–water partition coefficient (Wildman–Crippen LogP) is 3.21. The van der Waals surface area contributed by atoms with Crippen molar-refractivity contribution in [3.05, 3.63) is 0 Å². The molecule has 1 atom stereocenters. The van der Waals surface area contributed by atoms with E-state index in [0.717, 1.165) is 19.3 Å². The highest BCUT2D eigenvalue weighted by Crippen LogP contribution is 2.26. The molecule has 0 unspecified atom stereocenters. The van der Waals surface area contributed by atoms with Crippen LogP contribution in [0.3, 0.4) is 0 Å². The molecule has 0 aromatic carbocycles. The van der Waals surface area contributed by atoms with Gasteiger partial charge < -0.3 is 0 Å². The normalized spacial score (nSPS) is 15.1. The fourth-order valence-electron chi connectivity index (χ4n) is 1.18. The van der Waals surface area contributed by atoms with Gasteiger partial charge in [-0.1, -0.05) is 32.6 Å². The first kappa shape index (κ1) is 15.7. The molecule has 0 saturated heterocycles. The second kappa shape index (κ2) is 6.44. The first-order chi connectivity index (χ1) is 7.20. The summed E-state index contributed by atoms with van der Waals surface area (Å²) in [5.41, 5.74) is -5.33. The number of unbranched alkanes of at least 4 members (excludes halogenated alkanes) is 3. The molecule has 0 N–H and O–H groups in total. The standard InChI is InChI=1S/C9H17F3O3S/c1-3-4-5-6-7-8(2)15-16(13,14)9(10,11)12/h8H,3-7H2,1-2H3/t8-/m1/s1. The van der Waals surface area contributed by atoms with Crippen LogP contribution >= 0.6 is 0 Å². The smallest absolute Gasteiger partial charge is 0.260 e. The van der Waals surface area contributed by atoms with E-state index in [-0.39, 0.29) is 0 Å². The van der Waals surface area contributed by atoms with Gasteiger partial charge in [0.15, 0.2) is 0 Å². The number of halogens is 3. The molecular weight excluding hydrogens is 245 g/mol. The summed E-state index contributed by atoms with van der Waals surface area (Å²) in [5.74, 6) is 0. The molecule has 3 nitrogen and oxygen atoms in total. The molecule has 98 valence electrons. The third kappa shape index (κ3) is 5.69. The summed E-state index contributed by atoms with van der Waals surface area (Å²) in [4.78, 5) is 0. The van der Waals surface area contributed by atoms with E-state index >= 15 is 0 Å². The van der Waals surface area contributed by atoms with Crippen molar-refractivity contribution < 1.29 is 25.8 Å². The van der Waals surface area contributed by atoms with Crippen LogP contribution in [0, 0.1) is 0 Å². The van der Waals surface area contributed by atoms with E-state index in [1.807, 2.05) is 6.92 Å². The fraction of sp³-hybridized carbons (Fsp3) is 1.00. The Morgan fingerprint density at radius 2 is 1.75 bits per heavy atom. The van der Waals surface area contributed by atoms with Crippen molar-refractivity contribution >= 4 is 10.1 Å². The number of hydrogen-bond donors (Lipinski definition) is 0. The van der Waals surface area contributed by atoms with Crippen LogP contribution in [0.4, 0.5) is 13.2 Å². The minimum Gasteiger partial charge on any atom is -0.260 e. The van der Waals surface area contributed by atoms with Crippen LogP contribution < -0.4 is 0 Å². The number of hydrogen-bond acceptors (Lipinski definition) is 3. The summed E-state index contributed by atoms with van der Waals surface area (Å²) < 4.78 is 61.0. The zero-order valence-corrected chi connectivity index (χ0v) is 10.2. The summed E-state index contributed by atoms with van der Waals surface area (Å²) >= 11 is 0. The van der Waals surface area contributed by atoms with Crippen molar-refractivity contribution in [2.24, 2.45) is 0 Å². The molecule has 0 bridgehead atoms. The topological polar surface area (TPSA) is 43.4 Å². The lowest BCUT2D eigenvalue weighted by atomic mass is 10.1. The first-order valence-corrected chi connectivity index (χ1v) is 6.61. The van der Waals surface area contributed by atoms with Gasteiger partial charge in [-0.2, -0.15) is 21.6 Å². The van der Waals surface area contributed by atoms with Gasteiger partial charge in [-0.05, 0) is 13.3 Å². The highest BCUT2D eigenvalue weighted by molar-refractivity contribution is 7.87. The third-order valence-electron chi connectivity index (χ3n) is 2.04. The molecule has 0 aromatic heterocycles. The monoisotopic (exact) mass is 262 g/mol. The first-order valence-electron chi connectivity index (χ1n) is 5.20. The Kier molecular flexibility index (Phi) is 6.32. The van der Waals surface area contributed by atoms with Gasteiger partial charge >= 0.3 is 15.6 Å². The molecule has 7 heteroatoms. The van der Waals surface area contributed by atoms with Gasteiger partial charge in [-0.15, -0.1) is 0 Å². The van der Waals surface area contributed by atoms with Crippen molar-refractivity contribution in [3.8, 4) is 0 Å². The van der Waals surface area contributed by atoms with E-state index in [0.29, 0.717) is 12.8 Å². The average Bonchev–Trinajstić information content (AvgIpc) is 2.10. The number of rotatable bonds is 7. The van der Waals surface area contributed by atoms with Gasteiger partial charge in [0.05, 0.1) is 6.10 Å². The molecule has 0 fully saturated rings. The second-order valence-electron chi connectivity index (χ2n) is 3.66. The maximum absolute atomic E-state index is 11.9. The van der Waals surface area contributed by atoms with Gasteiger partial charge in [0.2, 0.25) is 0 Å². The van der Waals surface area contributed by atoms with Gasteiger partial charge in [-0.3, -0.25) is 4.18 Å². The second-order valence-corrected chi connectivity index (χ2v) is 5.22. The largest absolute Gasteiger partial charge is 0.523 e. The molecule has 0 amide bonds. The average molecular weight is 262 g/mol. The van der Waals surface area contributed by atoms with Crippen molar-refractivity contribution in [2.75, 3.05) is 0 Å². The van der Waals surface area contributed by atoms with E-state index < -0.39 is 21.7 Å². The molecule has 0 saturated carbocycles. The maximum atomic E-state index is 11.9. The summed E-state index contributed by atoms with van der Waals surface area (Å²) in [6, 6.07) is 0. The number of alkyl halides is 3. The van der Waals surface area contributed by atoms with Crippen LogP contribution in [0.25, 0.3) is 0 Å². The quantitative estimate of drug-likeness (QED) is 0.402. The molecule has 0 heterocycles. The minimum atomic E-state index is -5.44. The summed E-state index contributed by atoms with van der Waals surface area (Å²) in [6.07, 6.45) is 2.92. The van der Waals surface area contributed by atoms with Crippen molar-refractivity contribution in [1.82, 2.24) is 0 Å². The van der Waals surface area contributed by atoms with Crippen LogP contribution in [-0.4, -0.2) is 20.0 Å². The van der Waals surface area contributed by atoms with Crippen LogP contribution in [0.5, 0.6) is 0 Å². The van der Waals surface area contributed by atoms with Gasteiger partial charge in [-0.25, -0.2) is 0 Å². The lowest BCUT2D eigenvalue weighted by Gasteiger charge is -2.14. The van der Waals surface area contributed by atoms with Crippen LogP contribution in [0.2, 0.25) is 0 Å². The van der Waals surface area contributed by atoms with Crippen LogP contribution in [0.1, 0.15) is 46.0 Å². The Morgan fingerprint density at radius 1 is 1.19 bits per heavy atom. The van der Waals surface area contributed by atoms with Gasteiger partial charge in [0.1, 0.15) is 0 Å². The van der Waals surface area contributed by atoms with Crippen molar-refractivity contribution in [3.63, 3.8) is 0 Å².